The zero-order valence-corrected chi connectivity index (χ0v) is 20.8. The van der Waals surface area contributed by atoms with Crippen molar-refractivity contribution in [3.05, 3.63) is 23.4 Å². The van der Waals surface area contributed by atoms with Crippen molar-refractivity contribution < 1.29 is 14.0 Å². The summed E-state index contributed by atoms with van der Waals surface area (Å²) in [5.41, 5.74) is 0. The lowest BCUT2D eigenvalue weighted by Crippen LogP contribution is -2.48. The molecular formula is C22H37ClN2O3Si. The Morgan fingerprint density at radius 2 is 1.83 bits per heavy atom. The fraction of sp³-hybridized carbons (Fsp3) is 0.636. The van der Waals surface area contributed by atoms with Gasteiger partial charge in [0.05, 0.1) is 6.10 Å². The van der Waals surface area contributed by atoms with Gasteiger partial charge in [-0.15, -0.1) is 6.42 Å². The minimum Gasteiger partial charge on any atom is -0.413 e. The molecule has 2 atom stereocenters. The Labute approximate surface area is 182 Å². The van der Waals surface area contributed by atoms with Gasteiger partial charge >= 0.3 is 0 Å². The number of amides is 2. The van der Waals surface area contributed by atoms with Gasteiger partial charge in [0.2, 0.25) is 5.91 Å². The van der Waals surface area contributed by atoms with Crippen molar-refractivity contribution in [3.63, 3.8) is 0 Å². The standard InChI is InChI=1S/C22H37ClN2O3Si/c1-10-19(26)25-20(16(2)3)21(27)24-15-11-12-18(14-13-17(4)23)28-29(8,9)22(5,6)7/h1,11,13,15-16,18,20H,12,14H2,2-9H3,(H,24,27)(H,25,26)/b15-11-,17-13+/t18-,20+/m1/s1. The third kappa shape index (κ3) is 10.7. The summed E-state index contributed by atoms with van der Waals surface area (Å²) in [6.45, 7) is 16.6. The highest BCUT2D eigenvalue weighted by atomic mass is 35.5. The van der Waals surface area contributed by atoms with Gasteiger partial charge in [-0.1, -0.05) is 58.4 Å². The van der Waals surface area contributed by atoms with E-state index in [-0.39, 0.29) is 23.0 Å². The number of carbonyl (C=O) groups excluding carboxylic acids is 2. The predicted molar refractivity (Wildman–Crippen MR) is 124 cm³/mol. The molecule has 7 heteroatoms. The topological polar surface area (TPSA) is 67.4 Å². The second kappa shape index (κ2) is 12.2. The number of carbonyl (C=O) groups is 2. The Morgan fingerprint density at radius 1 is 1.24 bits per heavy atom. The smallest absolute Gasteiger partial charge is 0.296 e. The van der Waals surface area contributed by atoms with Crippen molar-refractivity contribution in [2.75, 3.05) is 0 Å². The monoisotopic (exact) mass is 440 g/mol. The van der Waals surface area contributed by atoms with E-state index < -0.39 is 20.3 Å². The van der Waals surface area contributed by atoms with Crippen molar-refractivity contribution in [3.8, 4) is 12.3 Å². The van der Waals surface area contributed by atoms with Crippen LogP contribution in [-0.2, 0) is 14.0 Å². The van der Waals surface area contributed by atoms with Crippen LogP contribution in [0, 0.1) is 18.3 Å². The summed E-state index contributed by atoms with van der Waals surface area (Å²) in [6.07, 6.45) is 11.8. The van der Waals surface area contributed by atoms with Crippen LogP contribution < -0.4 is 10.6 Å². The second-order valence-corrected chi connectivity index (χ2v) is 14.4. The van der Waals surface area contributed by atoms with E-state index in [1.165, 1.54) is 0 Å². The summed E-state index contributed by atoms with van der Waals surface area (Å²) in [5, 5.41) is 6.08. The Hall–Kier alpha value is -1.55. The average Bonchev–Trinajstić information content (AvgIpc) is 2.58. The maximum atomic E-state index is 12.4. The highest BCUT2D eigenvalue weighted by molar-refractivity contribution is 6.74. The molecule has 0 aliphatic heterocycles. The van der Waals surface area contributed by atoms with Gasteiger partial charge in [0.25, 0.3) is 5.91 Å². The number of hydrogen-bond donors (Lipinski definition) is 2. The first kappa shape index (κ1) is 27.4. The minimum absolute atomic E-state index is 0.0280. The molecule has 0 fully saturated rings. The van der Waals surface area contributed by atoms with Crippen molar-refractivity contribution >= 4 is 31.7 Å². The fourth-order valence-electron chi connectivity index (χ4n) is 2.25. The molecule has 0 radical (unpaired) electrons. The summed E-state index contributed by atoms with van der Waals surface area (Å²) < 4.78 is 6.51. The molecule has 0 heterocycles. The lowest BCUT2D eigenvalue weighted by atomic mass is 10.0. The van der Waals surface area contributed by atoms with Crippen LogP contribution in [0.4, 0.5) is 0 Å². The maximum absolute atomic E-state index is 12.4. The van der Waals surface area contributed by atoms with E-state index in [9.17, 15) is 9.59 Å². The predicted octanol–water partition coefficient (Wildman–Crippen LogP) is 4.70. The Balaban J connectivity index is 5.04. The van der Waals surface area contributed by atoms with E-state index >= 15 is 0 Å². The molecule has 2 N–H and O–H groups in total. The van der Waals surface area contributed by atoms with E-state index in [4.69, 9.17) is 22.5 Å². The first-order chi connectivity index (χ1) is 13.2. The molecule has 164 valence electrons. The molecule has 2 amide bonds. The SMILES string of the molecule is C#CC(=O)N[C@H](C(=O)N/C=C\C[C@H](C/C=C(\C)Cl)O[Si](C)(C)C(C)(C)C)C(C)C. The zero-order chi connectivity index (χ0) is 22.8. The largest absolute Gasteiger partial charge is 0.413 e. The van der Waals surface area contributed by atoms with Gasteiger partial charge in [-0.3, -0.25) is 9.59 Å². The molecular weight excluding hydrogens is 404 g/mol. The lowest BCUT2D eigenvalue weighted by Gasteiger charge is -2.39. The van der Waals surface area contributed by atoms with Crippen molar-refractivity contribution in [1.29, 1.82) is 0 Å². The molecule has 0 aliphatic carbocycles. The minimum atomic E-state index is -1.94. The van der Waals surface area contributed by atoms with Crippen LogP contribution in [0.2, 0.25) is 18.1 Å². The average molecular weight is 441 g/mol. The molecule has 0 saturated heterocycles. The van der Waals surface area contributed by atoms with Crippen LogP contribution in [0.3, 0.4) is 0 Å². The molecule has 0 aromatic carbocycles. The van der Waals surface area contributed by atoms with Gasteiger partial charge in [-0.05, 0) is 55.9 Å². The molecule has 0 spiro atoms. The number of allylic oxidation sites excluding steroid dienone is 1. The summed E-state index contributed by atoms with van der Waals surface area (Å²) >= 11 is 6.00. The van der Waals surface area contributed by atoms with Crippen LogP contribution >= 0.6 is 11.6 Å². The molecule has 29 heavy (non-hydrogen) atoms. The third-order valence-electron chi connectivity index (χ3n) is 5.04. The number of rotatable bonds is 10. The first-order valence-electron chi connectivity index (χ1n) is 9.93. The van der Waals surface area contributed by atoms with Crippen LogP contribution in [0.1, 0.15) is 54.4 Å². The summed E-state index contributed by atoms with van der Waals surface area (Å²) in [5.74, 6) is 0.967. The highest BCUT2D eigenvalue weighted by Gasteiger charge is 2.38. The Kier molecular flexibility index (Phi) is 11.6. The Morgan fingerprint density at radius 3 is 2.28 bits per heavy atom. The number of nitrogens with one attached hydrogen (secondary N) is 2. The quantitative estimate of drug-likeness (QED) is 0.382. The second-order valence-electron chi connectivity index (χ2n) is 9.01. The highest BCUT2D eigenvalue weighted by Crippen LogP contribution is 2.38. The van der Waals surface area contributed by atoms with Gasteiger partial charge < -0.3 is 15.1 Å². The van der Waals surface area contributed by atoms with Gasteiger partial charge in [0.15, 0.2) is 8.32 Å². The molecule has 0 bridgehead atoms. The molecule has 5 nitrogen and oxygen atoms in total. The zero-order valence-electron chi connectivity index (χ0n) is 19.1. The maximum Gasteiger partial charge on any atom is 0.296 e. The summed E-state index contributed by atoms with van der Waals surface area (Å²) in [7, 11) is -1.94. The summed E-state index contributed by atoms with van der Waals surface area (Å²) in [6, 6.07) is -0.690. The molecule has 0 saturated carbocycles. The van der Waals surface area contributed by atoms with E-state index in [1.54, 1.807) is 6.20 Å². The molecule has 0 aliphatic rings. The lowest BCUT2D eigenvalue weighted by molar-refractivity contribution is -0.127. The normalized spacial score (nSPS) is 15.1. The van der Waals surface area contributed by atoms with E-state index in [2.05, 4.69) is 44.5 Å². The van der Waals surface area contributed by atoms with Crippen LogP contribution in [0.25, 0.3) is 0 Å². The molecule has 0 aromatic heterocycles. The van der Waals surface area contributed by atoms with Gasteiger partial charge in [-0.2, -0.15) is 0 Å². The van der Waals surface area contributed by atoms with Crippen LogP contribution in [0.15, 0.2) is 23.4 Å². The number of terminal acetylenes is 1. The van der Waals surface area contributed by atoms with Crippen LogP contribution in [0.5, 0.6) is 0 Å². The van der Waals surface area contributed by atoms with E-state index in [0.29, 0.717) is 12.8 Å². The van der Waals surface area contributed by atoms with Gasteiger partial charge in [0, 0.05) is 5.03 Å². The van der Waals surface area contributed by atoms with Crippen molar-refractivity contribution in [2.24, 2.45) is 5.92 Å². The van der Waals surface area contributed by atoms with E-state index in [1.807, 2.05) is 38.8 Å². The first-order valence-corrected chi connectivity index (χ1v) is 13.2. The number of hydrogen-bond acceptors (Lipinski definition) is 3. The fourth-order valence-corrected chi connectivity index (χ4v) is 3.72. The summed E-state index contributed by atoms with van der Waals surface area (Å²) in [4.78, 5) is 23.8. The Bertz CT molecular complexity index is 654. The molecule has 0 aromatic rings. The van der Waals surface area contributed by atoms with Crippen molar-refractivity contribution in [2.45, 2.75) is 84.7 Å². The molecule has 0 unspecified atom stereocenters. The van der Waals surface area contributed by atoms with Gasteiger partial charge in [-0.25, -0.2) is 0 Å². The van der Waals surface area contributed by atoms with Gasteiger partial charge in [0.1, 0.15) is 6.04 Å². The third-order valence-corrected chi connectivity index (χ3v) is 9.73. The van der Waals surface area contributed by atoms with E-state index in [0.717, 1.165) is 5.03 Å². The van der Waals surface area contributed by atoms with Crippen LogP contribution in [-0.4, -0.2) is 32.3 Å². The van der Waals surface area contributed by atoms with Crippen molar-refractivity contribution in [1.82, 2.24) is 10.6 Å². The number of halogens is 1. The molecule has 0 rings (SSSR count).